The van der Waals surface area contributed by atoms with Crippen molar-refractivity contribution in [1.82, 2.24) is 4.98 Å². The summed E-state index contributed by atoms with van der Waals surface area (Å²) >= 11 is 6.58. The fraction of sp³-hybridized carbons (Fsp3) is 0.167. The number of aryl methyl sites for hydroxylation is 1. The summed E-state index contributed by atoms with van der Waals surface area (Å²) in [5.41, 5.74) is 0.0136. The number of thiazole rings is 1. The summed E-state index contributed by atoms with van der Waals surface area (Å²) in [4.78, 5) is 15.8. The lowest BCUT2D eigenvalue weighted by molar-refractivity contribution is 0.102. The van der Waals surface area contributed by atoms with Crippen LogP contribution in [-0.4, -0.2) is 25.6 Å². The quantitative estimate of drug-likeness (QED) is 0.925. The molecule has 0 aliphatic carbocycles. The maximum atomic E-state index is 13.9. The third-order valence-corrected chi connectivity index (χ3v) is 5.45. The molecule has 0 saturated heterocycles. The van der Waals surface area contributed by atoms with E-state index in [-0.39, 0.29) is 25.5 Å². The maximum absolute atomic E-state index is 13.9. The van der Waals surface area contributed by atoms with Crippen molar-refractivity contribution < 1.29 is 17.6 Å². The van der Waals surface area contributed by atoms with Crippen LogP contribution in [-0.2, 0) is 9.84 Å². The Morgan fingerprint density at radius 2 is 2.10 bits per heavy atom. The van der Waals surface area contributed by atoms with Gasteiger partial charge in [0.15, 0.2) is 15.0 Å². The molecule has 0 aliphatic heterocycles. The Morgan fingerprint density at radius 3 is 2.67 bits per heavy atom. The molecular weight excluding hydrogens is 339 g/mol. The minimum atomic E-state index is -3.39. The van der Waals surface area contributed by atoms with Gasteiger partial charge >= 0.3 is 0 Å². The number of benzene rings is 1. The summed E-state index contributed by atoms with van der Waals surface area (Å²) in [5, 5.41) is 2.65. The predicted octanol–water partition coefficient (Wildman–Crippen LogP) is 2.90. The highest BCUT2D eigenvalue weighted by atomic mass is 35.5. The lowest BCUT2D eigenvalue weighted by Crippen LogP contribution is -2.14. The van der Waals surface area contributed by atoms with Crippen LogP contribution in [0.15, 0.2) is 22.5 Å². The van der Waals surface area contributed by atoms with E-state index in [0.29, 0.717) is 0 Å². The molecule has 1 heterocycles. The average Bonchev–Trinajstić information content (AvgIpc) is 2.82. The van der Waals surface area contributed by atoms with Gasteiger partial charge in [0.25, 0.3) is 5.91 Å². The number of carbonyl (C=O) groups is 1. The smallest absolute Gasteiger partial charge is 0.260 e. The largest absolute Gasteiger partial charge is 0.298 e. The van der Waals surface area contributed by atoms with Crippen LogP contribution in [0.5, 0.6) is 0 Å². The molecule has 0 unspecified atom stereocenters. The van der Waals surface area contributed by atoms with Crippen molar-refractivity contribution >= 4 is 43.8 Å². The van der Waals surface area contributed by atoms with Crippen molar-refractivity contribution in [3.63, 3.8) is 0 Å². The molecule has 0 fully saturated rings. The van der Waals surface area contributed by atoms with Crippen LogP contribution in [0.25, 0.3) is 0 Å². The van der Waals surface area contributed by atoms with E-state index in [9.17, 15) is 17.6 Å². The van der Waals surface area contributed by atoms with Gasteiger partial charge in [-0.3, -0.25) is 10.1 Å². The molecule has 9 heteroatoms. The van der Waals surface area contributed by atoms with Crippen molar-refractivity contribution in [3.8, 4) is 0 Å². The third kappa shape index (κ3) is 3.58. The Balaban J connectivity index is 2.29. The monoisotopic (exact) mass is 348 g/mol. The van der Waals surface area contributed by atoms with Crippen LogP contribution in [0.1, 0.15) is 15.9 Å². The lowest BCUT2D eigenvalue weighted by Gasteiger charge is -2.06. The van der Waals surface area contributed by atoms with Gasteiger partial charge in [-0.2, -0.15) is 0 Å². The van der Waals surface area contributed by atoms with Gasteiger partial charge in [-0.05, 0) is 24.6 Å². The number of amides is 1. The van der Waals surface area contributed by atoms with Crippen molar-refractivity contribution in [1.29, 1.82) is 0 Å². The number of hydrogen-bond acceptors (Lipinski definition) is 5. The topological polar surface area (TPSA) is 76.1 Å². The highest BCUT2D eigenvalue weighted by molar-refractivity contribution is 7.92. The maximum Gasteiger partial charge on any atom is 0.260 e. The van der Waals surface area contributed by atoms with E-state index in [4.69, 9.17) is 11.6 Å². The lowest BCUT2D eigenvalue weighted by atomic mass is 10.1. The first-order valence-corrected chi connectivity index (χ1v) is 8.70. The first kappa shape index (κ1) is 15.9. The number of anilines is 1. The molecule has 0 bridgehead atoms. The van der Waals surface area contributed by atoms with Crippen LogP contribution in [0, 0.1) is 12.7 Å². The second-order valence-electron chi connectivity index (χ2n) is 4.29. The van der Waals surface area contributed by atoms with Gasteiger partial charge in [0.1, 0.15) is 10.0 Å². The molecular formula is C12H10ClFN2O3S2. The van der Waals surface area contributed by atoms with Gasteiger partial charge in [-0.25, -0.2) is 17.8 Å². The molecule has 1 amide bonds. The summed E-state index contributed by atoms with van der Waals surface area (Å²) in [6.07, 6.45) is 2.17. The van der Waals surface area contributed by atoms with E-state index in [1.807, 2.05) is 0 Å². The van der Waals surface area contributed by atoms with Gasteiger partial charge in [0.05, 0.1) is 11.8 Å². The predicted molar refractivity (Wildman–Crippen MR) is 79.3 cm³/mol. The average molecular weight is 349 g/mol. The first-order valence-electron chi connectivity index (χ1n) is 5.61. The highest BCUT2D eigenvalue weighted by Crippen LogP contribution is 2.24. The zero-order chi connectivity index (χ0) is 15.8. The standard InChI is InChI=1S/C12H10ClFN2O3S2/c1-6-3-7(13)4-8(10(6)14)11(17)16-12-15-5-9(20-12)21(2,18)19/h3-5H,1-2H3,(H,15,16,17). The minimum absolute atomic E-state index is 0.0144. The molecule has 0 aliphatic rings. The molecule has 1 N–H and O–H groups in total. The Kier molecular flexibility index (Phi) is 4.31. The van der Waals surface area contributed by atoms with Crippen molar-refractivity contribution in [2.75, 3.05) is 11.6 Å². The molecule has 0 radical (unpaired) electrons. The van der Waals surface area contributed by atoms with E-state index in [1.165, 1.54) is 19.1 Å². The number of carbonyl (C=O) groups excluding carboxylic acids is 1. The second kappa shape index (κ2) is 5.70. The Hall–Kier alpha value is -1.51. The number of nitrogens with zero attached hydrogens (tertiary/aromatic N) is 1. The molecule has 112 valence electrons. The Morgan fingerprint density at radius 1 is 1.43 bits per heavy atom. The summed E-state index contributed by atoms with van der Waals surface area (Å²) in [5.74, 6) is -1.43. The Bertz CT molecular complexity index is 818. The van der Waals surface area contributed by atoms with E-state index in [2.05, 4.69) is 10.3 Å². The summed E-state index contributed by atoms with van der Waals surface area (Å²) in [7, 11) is -3.39. The molecule has 2 aromatic rings. The number of halogens is 2. The van der Waals surface area contributed by atoms with Gasteiger partial charge in [0, 0.05) is 11.3 Å². The normalized spacial score (nSPS) is 11.4. The fourth-order valence-electron chi connectivity index (χ4n) is 1.54. The molecule has 0 saturated carbocycles. The number of rotatable bonds is 3. The number of hydrogen-bond donors (Lipinski definition) is 1. The van der Waals surface area contributed by atoms with Crippen LogP contribution < -0.4 is 5.32 Å². The highest BCUT2D eigenvalue weighted by Gasteiger charge is 2.18. The van der Waals surface area contributed by atoms with Crippen LogP contribution in [0.2, 0.25) is 5.02 Å². The molecule has 21 heavy (non-hydrogen) atoms. The second-order valence-corrected chi connectivity index (χ2v) is 8.00. The summed E-state index contributed by atoms with van der Waals surface area (Å²) in [6.45, 7) is 1.49. The van der Waals surface area contributed by atoms with Crippen LogP contribution >= 0.6 is 22.9 Å². The van der Waals surface area contributed by atoms with Gasteiger partial charge in [-0.1, -0.05) is 22.9 Å². The first-order chi connectivity index (χ1) is 9.68. The SMILES string of the molecule is Cc1cc(Cl)cc(C(=O)Nc2ncc(S(C)(=O)=O)s2)c1F. The number of nitrogens with one attached hydrogen (secondary N) is 1. The molecule has 0 spiro atoms. The molecule has 1 aromatic heterocycles. The van der Waals surface area contributed by atoms with Gasteiger partial charge in [-0.15, -0.1) is 0 Å². The van der Waals surface area contributed by atoms with E-state index in [1.54, 1.807) is 0 Å². The van der Waals surface area contributed by atoms with Gasteiger partial charge < -0.3 is 0 Å². The van der Waals surface area contributed by atoms with Crippen LogP contribution in [0.3, 0.4) is 0 Å². The van der Waals surface area contributed by atoms with E-state index in [0.717, 1.165) is 23.8 Å². The molecule has 0 atom stereocenters. The fourth-order valence-corrected chi connectivity index (χ4v) is 3.45. The molecule has 2 rings (SSSR count). The van der Waals surface area contributed by atoms with Crippen molar-refractivity contribution in [3.05, 3.63) is 40.3 Å². The van der Waals surface area contributed by atoms with Crippen molar-refractivity contribution in [2.45, 2.75) is 11.1 Å². The number of sulfone groups is 1. The van der Waals surface area contributed by atoms with Crippen molar-refractivity contribution in [2.24, 2.45) is 0 Å². The molecule has 5 nitrogen and oxygen atoms in total. The van der Waals surface area contributed by atoms with Crippen LogP contribution in [0.4, 0.5) is 9.52 Å². The number of aromatic nitrogens is 1. The summed E-state index contributed by atoms with van der Waals surface area (Å²) in [6, 6.07) is 2.60. The zero-order valence-electron chi connectivity index (χ0n) is 11.0. The zero-order valence-corrected chi connectivity index (χ0v) is 13.4. The summed E-state index contributed by atoms with van der Waals surface area (Å²) < 4.78 is 36.6. The third-order valence-electron chi connectivity index (χ3n) is 2.53. The van der Waals surface area contributed by atoms with E-state index < -0.39 is 21.6 Å². The van der Waals surface area contributed by atoms with Gasteiger partial charge in [0.2, 0.25) is 0 Å². The Labute approximate surface area is 129 Å². The molecule has 1 aromatic carbocycles. The minimum Gasteiger partial charge on any atom is -0.298 e. The van der Waals surface area contributed by atoms with E-state index >= 15 is 0 Å².